The lowest BCUT2D eigenvalue weighted by Crippen LogP contribution is -2.10. The molecule has 3 aromatic rings. The summed E-state index contributed by atoms with van der Waals surface area (Å²) in [7, 11) is 0. The van der Waals surface area contributed by atoms with Gasteiger partial charge in [-0.25, -0.2) is 9.78 Å². The van der Waals surface area contributed by atoms with Crippen LogP contribution in [0, 0.1) is 6.92 Å². The Bertz CT molecular complexity index is 970. The molecule has 3 rings (SSSR count). The molecule has 0 saturated carbocycles. The van der Waals surface area contributed by atoms with Gasteiger partial charge in [0.15, 0.2) is 11.4 Å². The molecular weight excluding hydrogens is 366 g/mol. The van der Waals surface area contributed by atoms with Crippen LogP contribution in [0.2, 0.25) is 5.02 Å². The van der Waals surface area contributed by atoms with Gasteiger partial charge in [0, 0.05) is 21.5 Å². The second-order valence-corrected chi connectivity index (χ2v) is 6.58. The molecule has 0 aliphatic heterocycles. The SMILES string of the molecule is CCCCOC(=O)c1nc(C)c2ccc(Oc3ccc(Cl)cc3)cc2c1O. The van der Waals surface area contributed by atoms with Crippen LogP contribution in [-0.4, -0.2) is 22.7 Å². The summed E-state index contributed by atoms with van der Waals surface area (Å²) in [5, 5.41) is 12.4. The van der Waals surface area contributed by atoms with Gasteiger partial charge in [-0.2, -0.15) is 0 Å². The molecule has 0 radical (unpaired) electrons. The number of hydrogen-bond donors (Lipinski definition) is 1. The van der Waals surface area contributed by atoms with Crippen molar-refractivity contribution in [1.82, 2.24) is 4.98 Å². The molecule has 1 N–H and O–H groups in total. The highest BCUT2D eigenvalue weighted by Gasteiger charge is 2.19. The summed E-state index contributed by atoms with van der Waals surface area (Å²) in [6.45, 7) is 4.09. The first-order valence-electron chi connectivity index (χ1n) is 8.73. The van der Waals surface area contributed by atoms with Gasteiger partial charge in [0.1, 0.15) is 11.5 Å². The van der Waals surface area contributed by atoms with E-state index >= 15 is 0 Å². The van der Waals surface area contributed by atoms with Gasteiger partial charge >= 0.3 is 5.97 Å². The summed E-state index contributed by atoms with van der Waals surface area (Å²) in [4.78, 5) is 16.5. The number of aromatic nitrogens is 1. The highest BCUT2D eigenvalue weighted by molar-refractivity contribution is 6.30. The number of hydrogen-bond acceptors (Lipinski definition) is 5. The van der Waals surface area contributed by atoms with Crippen LogP contribution in [0.3, 0.4) is 0 Å². The number of ether oxygens (including phenoxy) is 2. The quantitative estimate of drug-likeness (QED) is 0.438. The van der Waals surface area contributed by atoms with E-state index in [1.54, 1.807) is 49.4 Å². The number of pyridine rings is 1. The molecule has 5 nitrogen and oxygen atoms in total. The lowest BCUT2D eigenvalue weighted by atomic mass is 10.1. The number of carbonyl (C=O) groups excluding carboxylic acids is 1. The van der Waals surface area contributed by atoms with Crippen molar-refractivity contribution in [2.45, 2.75) is 26.7 Å². The summed E-state index contributed by atoms with van der Waals surface area (Å²) in [6, 6.07) is 12.2. The molecule has 1 heterocycles. The van der Waals surface area contributed by atoms with Crippen LogP contribution in [0.1, 0.15) is 35.9 Å². The molecule has 27 heavy (non-hydrogen) atoms. The molecule has 0 unspecified atom stereocenters. The number of nitrogens with zero attached hydrogens (tertiary/aromatic N) is 1. The molecule has 1 aromatic heterocycles. The monoisotopic (exact) mass is 385 g/mol. The second kappa shape index (κ2) is 8.27. The van der Waals surface area contributed by atoms with E-state index in [2.05, 4.69) is 4.98 Å². The highest BCUT2D eigenvalue weighted by Crippen LogP contribution is 2.34. The number of carbonyl (C=O) groups is 1. The van der Waals surface area contributed by atoms with E-state index in [9.17, 15) is 9.90 Å². The number of rotatable bonds is 6. The van der Waals surface area contributed by atoms with E-state index in [-0.39, 0.29) is 11.4 Å². The summed E-state index contributed by atoms with van der Waals surface area (Å²) >= 11 is 5.88. The van der Waals surface area contributed by atoms with Gasteiger partial charge < -0.3 is 14.6 Å². The average molecular weight is 386 g/mol. The highest BCUT2D eigenvalue weighted by atomic mass is 35.5. The van der Waals surface area contributed by atoms with E-state index in [4.69, 9.17) is 21.1 Å². The molecule has 0 spiro atoms. The van der Waals surface area contributed by atoms with Crippen molar-refractivity contribution in [2.75, 3.05) is 6.61 Å². The van der Waals surface area contributed by atoms with Crippen molar-refractivity contribution in [3.8, 4) is 17.2 Å². The number of aryl methyl sites for hydroxylation is 1. The number of fused-ring (bicyclic) bond motifs is 1. The Kier molecular flexibility index (Phi) is 5.81. The molecule has 2 aromatic carbocycles. The lowest BCUT2D eigenvalue weighted by molar-refractivity contribution is 0.0489. The number of unbranched alkanes of at least 4 members (excludes halogenated alkanes) is 1. The fraction of sp³-hybridized carbons (Fsp3) is 0.238. The van der Waals surface area contributed by atoms with E-state index in [0.717, 1.165) is 18.2 Å². The normalized spacial score (nSPS) is 10.8. The van der Waals surface area contributed by atoms with Gasteiger partial charge in [-0.3, -0.25) is 0 Å². The molecular formula is C21H20ClNO4. The molecule has 140 valence electrons. The third-order valence-electron chi connectivity index (χ3n) is 4.11. The molecule has 0 aliphatic rings. The molecule has 6 heteroatoms. The Balaban J connectivity index is 1.95. The van der Waals surface area contributed by atoms with Crippen molar-refractivity contribution >= 4 is 28.3 Å². The predicted octanol–water partition coefficient (Wildman–Crippen LogP) is 5.65. The first-order valence-corrected chi connectivity index (χ1v) is 9.11. The van der Waals surface area contributed by atoms with E-state index in [0.29, 0.717) is 34.2 Å². The Morgan fingerprint density at radius 2 is 1.81 bits per heavy atom. The topological polar surface area (TPSA) is 68.7 Å². The van der Waals surface area contributed by atoms with Crippen LogP contribution in [0.5, 0.6) is 17.2 Å². The molecule has 0 fully saturated rings. The maximum absolute atomic E-state index is 12.3. The minimum atomic E-state index is -0.630. The Labute approximate surface area is 162 Å². The number of benzene rings is 2. The van der Waals surface area contributed by atoms with Crippen molar-refractivity contribution in [3.05, 3.63) is 58.9 Å². The van der Waals surface area contributed by atoms with E-state index < -0.39 is 5.97 Å². The fourth-order valence-electron chi connectivity index (χ4n) is 2.67. The Morgan fingerprint density at radius 1 is 1.11 bits per heavy atom. The van der Waals surface area contributed by atoms with Crippen LogP contribution in [0.25, 0.3) is 10.8 Å². The minimum absolute atomic E-state index is 0.0836. The third kappa shape index (κ3) is 4.31. The standard InChI is InChI=1S/C21H20ClNO4/c1-3-4-11-26-21(25)19-20(24)18-12-16(9-10-17(18)13(2)23-19)27-15-7-5-14(22)6-8-15/h5-10,12,24H,3-4,11H2,1-2H3. The minimum Gasteiger partial charge on any atom is -0.505 e. The molecule has 0 saturated heterocycles. The van der Waals surface area contributed by atoms with Gasteiger partial charge in [0.05, 0.1) is 6.61 Å². The van der Waals surface area contributed by atoms with Gasteiger partial charge in [0.25, 0.3) is 0 Å². The molecule has 0 atom stereocenters. The first kappa shape index (κ1) is 19.0. The zero-order valence-corrected chi connectivity index (χ0v) is 15.9. The summed E-state index contributed by atoms with van der Waals surface area (Å²) in [5.74, 6) is 0.299. The van der Waals surface area contributed by atoms with Crippen LogP contribution in [0.4, 0.5) is 0 Å². The predicted molar refractivity (Wildman–Crippen MR) is 105 cm³/mol. The third-order valence-corrected chi connectivity index (χ3v) is 4.37. The number of halogens is 1. The summed E-state index contributed by atoms with van der Waals surface area (Å²) < 4.78 is 11.0. The van der Waals surface area contributed by atoms with Crippen molar-refractivity contribution in [1.29, 1.82) is 0 Å². The van der Waals surface area contributed by atoms with Gasteiger partial charge in [-0.05, 0) is 55.8 Å². The van der Waals surface area contributed by atoms with Crippen LogP contribution < -0.4 is 4.74 Å². The smallest absolute Gasteiger partial charge is 0.360 e. The second-order valence-electron chi connectivity index (χ2n) is 6.15. The van der Waals surface area contributed by atoms with E-state index in [1.165, 1.54) is 0 Å². The zero-order chi connectivity index (χ0) is 19.4. The van der Waals surface area contributed by atoms with E-state index in [1.807, 2.05) is 6.92 Å². The number of aromatic hydroxyl groups is 1. The fourth-order valence-corrected chi connectivity index (χ4v) is 2.79. The summed E-state index contributed by atoms with van der Waals surface area (Å²) in [6.07, 6.45) is 1.67. The zero-order valence-electron chi connectivity index (χ0n) is 15.2. The van der Waals surface area contributed by atoms with Crippen LogP contribution in [0.15, 0.2) is 42.5 Å². The van der Waals surface area contributed by atoms with Gasteiger partial charge in [-0.1, -0.05) is 24.9 Å². The van der Waals surface area contributed by atoms with Crippen molar-refractivity contribution in [3.63, 3.8) is 0 Å². The Morgan fingerprint density at radius 3 is 2.52 bits per heavy atom. The maximum Gasteiger partial charge on any atom is 0.360 e. The number of esters is 1. The average Bonchev–Trinajstić information content (AvgIpc) is 2.66. The molecule has 0 amide bonds. The Hall–Kier alpha value is -2.79. The summed E-state index contributed by atoms with van der Waals surface area (Å²) in [5.41, 5.74) is 0.544. The first-order chi connectivity index (χ1) is 13.0. The molecule has 0 bridgehead atoms. The van der Waals surface area contributed by atoms with Crippen LogP contribution >= 0.6 is 11.6 Å². The van der Waals surface area contributed by atoms with Crippen LogP contribution in [-0.2, 0) is 4.74 Å². The van der Waals surface area contributed by atoms with Crippen molar-refractivity contribution in [2.24, 2.45) is 0 Å². The maximum atomic E-state index is 12.3. The largest absolute Gasteiger partial charge is 0.505 e. The van der Waals surface area contributed by atoms with Gasteiger partial charge in [-0.15, -0.1) is 0 Å². The van der Waals surface area contributed by atoms with Gasteiger partial charge in [0.2, 0.25) is 0 Å². The molecule has 0 aliphatic carbocycles. The van der Waals surface area contributed by atoms with Crippen molar-refractivity contribution < 1.29 is 19.4 Å². The lowest BCUT2D eigenvalue weighted by Gasteiger charge is -2.12.